The maximum absolute atomic E-state index is 13.2. The summed E-state index contributed by atoms with van der Waals surface area (Å²) in [6.45, 7) is 3.86. The van der Waals surface area contributed by atoms with Crippen LogP contribution in [-0.2, 0) is 10.0 Å². The molecule has 0 radical (unpaired) electrons. The Labute approximate surface area is 155 Å². The molecule has 0 bridgehead atoms. The van der Waals surface area contributed by atoms with Crippen LogP contribution in [0, 0.1) is 11.6 Å². The van der Waals surface area contributed by atoms with Crippen molar-refractivity contribution in [2.75, 3.05) is 18.4 Å². The summed E-state index contributed by atoms with van der Waals surface area (Å²) < 4.78 is 53.0. The van der Waals surface area contributed by atoms with Gasteiger partial charge in [0.1, 0.15) is 16.5 Å². The third kappa shape index (κ3) is 4.38. The number of nitrogens with zero attached hydrogens (tertiary/aromatic N) is 1. The highest BCUT2D eigenvalue weighted by molar-refractivity contribution is 7.89. The van der Waals surface area contributed by atoms with Crippen LogP contribution in [0.2, 0.25) is 5.02 Å². The second-order valence-electron chi connectivity index (χ2n) is 5.35. The number of hydrogen-bond acceptors (Lipinski definition) is 3. The smallest absolute Gasteiger partial charge is 0.255 e. The molecule has 0 heterocycles. The average molecular weight is 403 g/mol. The zero-order valence-corrected chi connectivity index (χ0v) is 15.7. The maximum atomic E-state index is 13.2. The van der Waals surface area contributed by atoms with Crippen LogP contribution in [0.5, 0.6) is 0 Å². The van der Waals surface area contributed by atoms with E-state index in [1.165, 1.54) is 16.4 Å². The standard InChI is InChI=1S/C17H17ClF2N2O3S/c1-3-22(4-2)26(24,25)16-7-11(5-6-15(16)18)17(23)21-14-9-12(19)8-13(20)10-14/h5-10H,3-4H2,1-2H3,(H,21,23). The zero-order valence-electron chi connectivity index (χ0n) is 14.1. The van der Waals surface area contributed by atoms with Crippen molar-refractivity contribution < 1.29 is 22.0 Å². The van der Waals surface area contributed by atoms with Gasteiger partial charge in [0.05, 0.1) is 5.02 Å². The summed E-state index contributed by atoms with van der Waals surface area (Å²) >= 11 is 6.01. The van der Waals surface area contributed by atoms with Crippen molar-refractivity contribution >= 4 is 33.2 Å². The molecule has 2 aromatic carbocycles. The largest absolute Gasteiger partial charge is 0.322 e. The van der Waals surface area contributed by atoms with Crippen LogP contribution < -0.4 is 5.32 Å². The van der Waals surface area contributed by atoms with E-state index in [1.807, 2.05) is 0 Å². The van der Waals surface area contributed by atoms with E-state index in [0.29, 0.717) is 6.07 Å². The van der Waals surface area contributed by atoms with Gasteiger partial charge in [-0.3, -0.25) is 4.79 Å². The Hall–Kier alpha value is -2.03. The summed E-state index contributed by atoms with van der Waals surface area (Å²) in [6.07, 6.45) is 0. The molecular weight excluding hydrogens is 386 g/mol. The molecule has 0 aliphatic carbocycles. The van der Waals surface area contributed by atoms with Gasteiger partial charge >= 0.3 is 0 Å². The highest BCUT2D eigenvalue weighted by Gasteiger charge is 2.25. The molecule has 9 heteroatoms. The van der Waals surface area contributed by atoms with Gasteiger partial charge < -0.3 is 5.32 Å². The van der Waals surface area contributed by atoms with Crippen molar-refractivity contribution in [2.24, 2.45) is 0 Å². The fraction of sp³-hybridized carbons (Fsp3) is 0.235. The summed E-state index contributed by atoms with van der Waals surface area (Å²) in [6, 6.07) is 6.33. The Balaban J connectivity index is 2.38. The second kappa shape index (κ2) is 8.11. The van der Waals surface area contributed by atoms with Crippen molar-refractivity contribution in [2.45, 2.75) is 18.7 Å². The molecule has 2 aromatic rings. The van der Waals surface area contributed by atoms with Crippen molar-refractivity contribution in [1.29, 1.82) is 0 Å². The molecule has 2 rings (SSSR count). The lowest BCUT2D eigenvalue weighted by Crippen LogP contribution is -2.31. The summed E-state index contributed by atoms with van der Waals surface area (Å²) in [5.41, 5.74) is -0.0969. The fourth-order valence-electron chi connectivity index (χ4n) is 2.37. The Morgan fingerprint density at radius 1 is 1.08 bits per heavy atom. The number of halogens is 3. The van der Waals surface area contributed by atoms with Crippen molar-refractivity contribution in [1.82, 2.24) is 4.31 Å². The van der Waals surface area contributed by atoms with Crippen LogP contribution in [-0.4, -0.2) is 31.7 Å². The first kappa shape index (κ1) is 20.3. The van der Waals surface area contributed by atoms with Crippen LogP contribution in [0.15, 0.2) is 41.3 Å². The van der Waals surface area contributed by atoms with Crippen molar-refractivity contribution in [3.05, 3.63) is 58.6 Å². The lowest BCUT2D eigenvalue weighted by Gasteiger charge is -2.19. The molecule has 140 valence electrons. The maximum Gasteiger partial charge on any atom is 0.255 e. The zero-order chi connectivity index (χ0) is 19.5. The van der Waals surface area contributed by atoms with Crippen molar-refractivity contribution in [3.63, 3.8) is 0 Å². The molecule has 5 nitrogen and oxygen atoms in total. The first-order valence-corrected chi connectivity index (χ1v) is 9.58. The lowest BCUT2D eigenvalue weighted by atomic mass is 10.2. The van der Waals surface area contributed by atoms with Crippen LogP contribution in [0.3, 0.4) is 0 Å². The van der Waals surface area contributed by atoms with E-state index in [-0.39, 0.29) is 34.3 Å². The van der Waals surface area contributed by atoms with E-state index in [4.69, 9.17) is 11.6 Å². The van der Waals surface area contributed by atoms with Gasteiger partial charge in [0.2, 0.25) is 10.0 Å². The van der Waals surface area contributed by atoms with E-state index in [9.17, 15) is 22.0 Å². The third-order valence-corrected chi connectivity index (χ3v) is 6.17. The molecule has 0 aromatic heterocycles. The summed E-state index contributed by atoms with van der Waals surface area (Å²) in [4.78, 5) is 12.1. The van der Waals surface area contributed by atoms with Crippen LogP contribution >= 0.6 is 11.6 Å². The van der Waals surface area contributed by atoms with Gasteiger partial charge in [-0.15, -0.1) is 0 Å². The van der Waals surface area contributed by atoms with Crippen LogP contribution in [0.1, 0.15) is 24.2 Å². The molecule has 0 aliphatic heterocycles. The number of hydrogen-bond donors (Lipinski definition) is 1. The van der Waals surface area contributed by atoms with Crippen molar-refractivity contribution in [3.8, 4) is 0 Å². The number of sulfonamides is 1. The Kier molecular flexibility index (Phi) is 6.33. The molecular formula is C17H17ClF2N2O3S. The van der Waals surface area contributed by atoms with Gasteiger partial charge in [-0.1, -0.05) is 25.4 Å². The quantitative estimate of drug-likeness (QED) is 0.796. The molecule has 0 saturated carbocycles. The Bertz CT molecular complexity index is 911. The first-order valence-electron chi connectivity index (χ1n) is 7.76. The van der Waals surface area contributed by atoms with E-state index in [2.05, 4.69) is 5.32 Å². The normalized spacial score (nSPS) is 11.6. The van der Waals surface area contributed by atoms with Crippen LogP contribution in [0.25, 0.3) is 0 Å². The molecule has 0 unspecified atom stereocenters. The predicted molar refractivity (Wildman–Crippen MR) is 95.9 cm³/mol. The third-order valence-electron chi connectivity index (χ3n) is 3.64. The van der Waals surface area contributed by atoms with Gasteiger partial charge in [0.25, 0.3) is 5.91 Å². The lowest BCUT2D eigenvalue weighted by molar-refractivity contribution is 0.102. The van der Waals surface area contributed by atoms with Gasteiger partial charge in [0.15, 0.2) is 0 Å². The Morgan fingerprint density at radius 3 is 2.19 bits per heavy atom. The highest BCUT2D eigenvalue weighted by atomic mass is 35.5. The number of amides is 1. The van der Waals surface area contributed by atoms with Crippen LogP contribution in [0.4, 0.5) is 14.5 Å². The molecule has 0 aliphatic rings. The van der Waals surface area contributed by atoms with E-state index in [1.54, 1.807) is 13.8 Å². The SMILES string of the molecule is CCN(CC)S(=O)(=O)c1cc(C(=O)Nc2cc(F)cc(F)c2)ccc1Cl. The number of carbonyl (C=O) groups is 1. The summed E-state index contributed by atoms with van der Waals surface area (Å²) in [5.74, 6) is -2.41. The Morgan fingerprint density at radius 2 is 1.65 bits per heavy atom. The van der Waals surface area contributed by atoms with Gasteiger partial charge in [-0.25, -0.2) is 17.2 Å². The fourth-order valence-corrected chi connectivity index (χ4v) is 4.33. The molecule has 26 heavy (non-hydrogen) atoms. The van der Waals surface area contributed by atoms with Gasteiger partial charge in [-0.05, 0) is 30.3 Å². The molecule has 0 fully saturated rings. The highest BCUT2D eigenvalue weighted by Crippen LogP contribution is 2.26. The number of benzene rings is 2. The minimum Gasteiger partial charge on any atom is -0.322 e. The van der Waals surface area contributed by atoms with E-state index < -0.39 is 27.6 Å². The molecule has 1 amide bonds. The minimum atomic E-state index is -3.87. The molecule has 1 N–H and O–H groups in total. The van der Waals surface area contributed by atoms with Gasteiger partial charge in [-0.2, -0.15) is 4.31 Å². The average Bonchev–Trinajstić information content (AvgIpc) is 2.54. The minimum absolute atomic E-state index is 0.00944. The molecule has 0 atom stereocenters. The predicted octanol–water partition coefficient (Wildman–Crippen LogP) is 3.90. The number of anilines is 1. The summed E-state index contributed by atoms with van der Waals surface area (Å²) in [7, 11) is -3.87. The number of carbonyl (C=O) groups excluding carboxylic acids is 1. The number of nitrogens with one attached hydrogen (secondary N) is 1. The van der Waals surface area contributed by atoms with Gasteiger partial charge in [0, 0.05) is 30.4 Å². The second-order valence-corrected chi connectivity index (χ2v) is 7.66. The monoisotopic (exact) mass is 402 g/mol. The first-order chi connectivity index (χ1) is 12.2. The molecule has 0 saturated heterocycles. The topological polar surface area (TPSA) is 66.5 Å². The molecule has 0 spiro atoms. The number of rotatable bonds is 6. The van der Waals surface area contributed by atoms with E-state index in [0.717, 1.165) is 18.2 Å². The van der Waals surface area contributed by atoms with E-state index >= 15 is 0 Å². The summed E-state index contributed by atoms with van der Waals surface area (Å²) in [5, 5.41) is 2.30.